The van der Waals surface area contributed by atoms with E-state index in [9.17, 15) is 4.39 Å². The second-order valence-electron chi connectivity index (χ2n) is 3.05. The van der Waals surface area contributed by atoms with Crippen molar-refractivity contribution in [3.8, 4) is 6.07 Å². The number of rotatable bonds is 2. The fourth-order valence-corrected chi connectivity index (χ4v) is 1.78. The zero-order chi connectivity index (χ0) is 11.5. The standard InChI is InChI=1S/C10H7FN4S/c1-6-14-15-10(16-6)13-9-4-8(11)3-2-7(9)5-12/h2-4H,1H3,(H,13,15). The molecule has 0 radical (unpaired) electrons. The van der Waals surface area contributed by atoms with Crippen LogP contribution in [0.1, 0.15) is 10.6 Å². The first-order valence-corrected chi connectivity index (χ1v) is 5.27. The van der Waals surface area contributed by atoms with E-state index >= 15 is 0 Å². The number of anilines is 2. The molecule has 0 saturated carbocycles. The lowest BCUT2D eigenvalue weighted by molar-refractivity contribution is 0.628. The van der Waals surface area contributed by atoms with Crippen LogP contribution in [0.2, 0.25) is 0 Å². The van der Waals surface area contributed by atoms with Gasteiger partial charge in [-0.2, -0.15) is 5.26 Å². The Morgan fingerprint density at radius 2 is 2.25 bits per heavy atom. The monoisotopic (exact) mass is 234 g/mol. The SMILES string of the molecule is Cc1nnc(Nc2cc(F)ccc2C#N)s1. The van der Waals surface area contributed by atoms with Crippen LogP contribution < -0.4 is 5.32 Å². The summed E-state index contributed by atoms with van der Waals surface area (Å²) in [5.74, 6) is -0.400. The highest BCUT2D eigenvalue weighted by Gasteiger charge is 2.06. The summed E-state index contributed by atoms with van der Waals surface area (Å²) in [7, 11) is 0. The number of aryl methyl sites for hydroxylation is 1. The summed E-state index contributed by atoms with van der Waals surface area (Å²) in [4.78, 5) is 0. The van der Waals surface area contributed by atoms with Gasteiger partial charge in [-0.1, -0.05) is 11.3 Å². The Hall–Kier alpha value is -2.00. The molecule has 0 unspecified atom stereocenters. The third-order valence-corrected chi connectivity index (χ3v) is 2.62. The lowest BCUT2D eigenvalue weighted by atomic mass is 10.2. The first kappa shape index (κ1) is 10.5. The Bertz CT molecular complexity index is 558. The molecule has 0 spiro atoms. The predicted octanol–water partition coefficient (Wildman–Crippen LogP) is 2.60. The topological polar surface area (TPSA) is 61.6 Å². The average Bonchev–Trinajstić information content (AvgIpc) is 2.64. The van der Waals surface area contributed by atoms with Gasteiger partial charge in [-0.3, -0.25) is 0 Å². The predicted molar refractivity (Wildman–Crippen MR) is 59.0 cm³/mol. The molecule has 0 fully saturated rings. The number of hydrogen-bond acceptors (Lipinski definition) is 5. The molecule has 6 heteroatoms. The van der Waals surface area contributed by atoms with Crippen molar-refractivity contribution in [1.29, 1.82) is 5.26 Å². The molecule has 0 atom stereocenters. The summed E-state index contributed by atoms with van der Waals surface area (Å²) in [6.07, 6.45) is 0. The summed E-state index contributed by atoms with van der Waals surface area (Å²) in [6.45, 7) is 1.82. The highest BCUT2D eigenvalue weighted by Crippen LogP contribution is 2.23. The number of halogens is 1. The van der Waals surface area contributed by atoms with Crippen LogP contribution in [0.5, 0.6) is 0 Å². The minimum Gasteiger partial charge on any atom is -0.329 e. The van der Waals surface area contributed by atoms with Crippen LogP contribution in [0.4, 0.5) is 15.2 Å². The lowest BCUT2D eigenvalue weighted by Gasteiger charge is -2.03. The molecule has 0 aliphatic rings. The van der Waals surface area contributed by atoms with Crippen molar-refractivity contribution in [1.82, 2.24) is 10.2 Å². The van der Waals surface area contributed by atoms with Gasteiger partial charge in [0.15, 0.2) is 0 Å². The minimum atomic E-state index is -0.400. The third kappa shape index (κ3) is 2.15. The van der Waals surface area contributed by atoms with Crippen LogP contribution in [0.15, 0.2) is 18.2 Å². The Morgan fingerprint density at radius 3 is 2.88 bits per heavy atom. The van der Waals surface area contributed by atoms with E-state index in [1.165, 1.54) is 29.5 Å². The quantitative estimate of drug-likeness (QED) is 0.867. The van der Waals surface area contributed by atoms with Crippen molar-refractivity contribution in [2.45, 2.75) is 6.92 Å². The van der Waals surface area contributed by atoms with Gasteiger partial charge in [-0.05, 0) is 25.1 Å². The summed E-state index contributed by atoms with van der Waals surface area (Å²) >= 11 is 1.34. The van der Waals surface area contributed by atoms with Crippen LogP contribution in [-0.2, 0) is 0 Å². The zero-order valence-corrected chi connectivity index (χ0v) is 9.18. The van der Waals surface area contributed by atoms with Gasteiger partial charge in [0.25, 0.3) is 0 Å². The summed E-state index contributed by atoms with van der Waals surface area (Å²) in [5, 5.41) is 20.7. The molecule has 0 bridgehead atoms. The molecule has 2 rings (SSSR count). The maximum atomic E-state index is 13.0. The second kappa shape index (κ2) is 4.24. The van der Waals surface area contributed by atoms with Gasteiger partial charge < -0.3 is 5.32 Å². The van der Waals surface area contributed by atoms with E-state index in [1.807, 2.05) is 13.0 Å². The van der Waals surface area contributed by atoms with Crippen LogP contribution in [0.3, 0.4) is 0 Å². The van der Waals surface area contributed by atoms with Gasteiger partial charge in [0.2, 0.25) is 5.13 Å². The van der Waals surface area contributed by atoms with Crippen molar-refractivity contribution >= 4 is 22.2 Å². The van der Waals surface area contributed by atoms with Crippen molar-refractivity contribution < 1.29 is 4.39 Å². The summed E-state index contributed by atoms with van der Waals surface area (Å²) in [5.41, 5.74) is 0.771. The Morgan fingerprint density at radius 1 is 1.44 bits per heavy atom. The molecule has 4 nitrogen and oxygen atoms in total. The van der Waals surface area contributed by atoms with Crippen LogP contribution in [-0.4, -0.2) is 10.2 Å². The number of hydrogen-bond donors (Lipinski definition) is 1. The van der Waals surface area contributed by atoms with Gasteiger partial charge in [0.05, 0.1) is 11.3 Å². The maximum absolute atomic E-state index is 13.0. The molecule has 80 valence electrons. The number of nitrogens with one attached hydrogen (secondary N) is 1. The van der Waals surface area contributed by atoms with Gasteiger partial charge in [-0.25, -0.2) is 4.39 Å². The smallest absolute Gasteiger partial charge is 0.210 e. The molecule has 0 saturated heterocycles. The van der Waals surface area contributed by atoms with Crippen molar-refractivity contribution in [2.24, 2.45) is 0 Å². The van der Waals surface area contributed by atoms with E-state index in [0.29, 0.717) is 16.4 Å². The molecule has 2 aromatic rings. The molecule has 1 aromatic heterocycles. The number of aromatic nitrogens is 2. The second-order valence-corrected chi connectivity index (χ2v) is 4.23. The lowest BCUT2D eigenvalue weighted by Crippen LogP contribution is -1.94. The fraction of sp³-hybridized carbons (Fsp3) is 0.100. The normalized spacial score (nSPS) is 9.81. The Labute approximate surface area is 95.4 Å². The van der Waals surface area contributed by atoms with Gasteiger partial charge in [-0.15, -0.1) is 10.2 Å². The summed E-state index contributed by atoms with van der Waals surface area (Å²) in [6, 6.07) is 5.90. The van der Waals surface area contributed by atoms with Crippen LogP contribution in [0, 0.1) is 24.1 Å². The van der Waals surface area contributed by atoms with Crippen LogP contribution >= 0.6 is 11.3 Å². The van der Waals surface area contributed by atoms with Gasteiger partial charge in [0.1, 0.15) is 16.9 Å². The van der Waals surface area contributed by atoms with Gasteiger partial charge >= 0.3 is 0 Å². The molecule has 0 aliphatic carbocycles. The number of nitriles is 1. The molecule has 1 N–H and O–H groups in total. The van der Waals surface area contributed by atoms with Gasteiger partial charge in [0, 0.05) is 0 Å². The number of benzene rings is 1. The number of nitrogens with zero attached hydrogens (tertiary/aromatic N) is 3. The first-order valence-electron chi connectivity index (χ1n) is 4.46. The fourth-order valence-electron chi connectivity index (χ4n) is 1.18. The van der Waals surface area contributed by atoms with Crippen molar-refractivity contribution in [3.05, 3.63) is 34.6 Å². The Kier molecular flexibility index (Phi) is 2.79. The van der Waals surface area contributed by atoms with Crippen molar-refractivity contribution in [3.63, 3.8) is 0 Å². The molecular weight excluding hydrogens is 227 g/mol. The van der Waals surface area contributed by atoms with Crippen molar-refractivity contribution in [2.75, 3.05) is 5.32 Å². The van der Waals surface area contributed by atoms with E-state index in [1.54, 1.807) is 0 Å². The molecule has 1 aromatic carbocycles. The molecule has 0 aliphatic heterocycles. The average molecular weight is 234 g/mol. The first-order chi connectivity index (χ1) is 7.69. The van der Waals surface area contributed by atoms with E-state index in [-0.39, 0.29) is 0 Å². The molecule has 0 amide bonds. The van der Waals surface area contributed by atoms with E-state index in [2.05, 4.69) is 15.5 Å². The van der Waals surface area contributed by atoms with E-state index < -0.39 is 5.82 Å². The highest BCUT2D eigenvalue weighted by molar-refractivity contribution is 7.15. The molecule has 16 heavy (non-hydrogen) atoms. The maximum Gasteiger partial charge on any atom is 0.210 e. The Balaban J connectivity index is 2.34. The van der Waals surface area contributed by atoms with Crippen LogP contribution in [0.25, 0.3) is 0 Å². The zero-order valence-electron chi connectivity index (χ0n) is 8.36. The highest BCUT2D eigenvalue weighted by atomic mass is 32.1. The third-order valence-electron chi connectivity index (χ3n) is 1.87. The van der Waals surface area contributed by atoms with E-state index in [0.717, 1.165) is 5.01 Å². The largest absolute Gasteiger partial charge is 0.329 e. The van der Waals surface area contributed by atoms with E-state index in [4.69, 9.17) is 5.26 Å². The minimum absolute atomic E-state index is 0.370. The molecular formula is C10H7FN4S. The summed E-state index contributed by atoms with van der Waals surface area (Å²) < 4.78 is 13.0. The molecule has 1 heterocycles.